The molecule has 0 atom stereocenters. The summed E-state index contributed by atoms with van der Waals surface area (Å²) in [5, 5.41) is 3.02. The maximum absolute atomic E-state index is 12.3. The Bertz CT molecular complexity index is 914. The van der Waals surface area contributed by atoms with Crippen molar-refractivity contribution in [2.75, 3.05) is 30.0 Å². The average Bonchev–Trinajstić information content (AvgIpc) is 3.14. The summed E-state index contributed by atoms with van der Waals surface area (Å²) in [5.41, 5.74) is 1.26. The highest BCUT2D eigenvalue weighted by atomic mass is 35.5. The first-order valence-electron chi connectivity index (χ1n) is 9.27. The number of hydrogen-bond donors (Lipinski definition) is 1. The summed E-state index contributed by atoms with van der Waals surface area (Å²) in [4.78, 5) is 37.8. The molecule has 0 aliphatic carbocycles. The Balaban J connectivity index is 1.57. The third-order valence-electron chi connectivity index (χ3n) is 4.33. The van der Waals surface area contributed by atoms with E-state index in [1.165, 1.54) is 12.1 Å². The molecule has 0 aromatic heterocycles. The number of ether oxygens (including phenoxy) is 2. The Hall–Kier alpha value is -3.06. The minimum atomic E-state index is -0.670. The maximum atomic E-state index is 12.3. The summed E-state index contributed by atoms with van der Waals surface area (Å²) in [6.45, 7) is 2.56. The second-order valence-corrected chi connectivity index (χ2v) is 6.80. The molecule has 2 amide bonds. The number of nitrogens with zero attached hydrogens (tertiary/aromatic N) is 1. The van der Waals surface area contributed by atoms with Gasteiger partial charge in [0.2, 0.25) is 5.91 Å². The third kappa shape index (κ3) is 5.26. The number of hydrogen-bond acceptors (Lipinski definition) is 5. The van der Waals surface area contributed by atoms with Gasteiger partial charge in [-0.2, -0.15) is 0 Å². The number of carbonyl (C=O) groups is 3. The van der Waals surface area contributed by atoms with Crippen LogP contribution in [0, 0.1) is 0 Å². The lowest BCUT2D eigenvalue weighted by Gasteiger charge is -2.18. The fourth-order valence-electron chi connectivity index (χ4n) is 2.96. The van der Waals surface area contributed by atoms with Crippen molar-refractivity contribution < 1.29 is 23.9 Å². The monoisotopic (exact) mass is 416 g/mol. The van der Waals surface area contributed by atoms with Gasteiger partial charge < -0.3 is 19.7 Å². The van der Waals surface area contributed by atoms with Crippen LogP contribution in [0.5, 0.6) is 5.75 Å². The summed E-state index contributed by atoms with van der Waals surface area (Å²) in [6.07, 6.45) is 1.20. The number of benzene rings is 2. The maximum Gasteiger partial charge on any atom is 0.338 e. The molecule has 0 spiro atoms. The number of halogens is 1. The highest BCUT2D eigenvalue weighted by Gasteiger charge is 2.24. The van der Waals surface area contributed by atoms with Crippen molar-refractivity contribution in [2.45, 2.75) is 19.8 Å². The van der Waals surface area contributed by atoms with Crippen molar-refractivity contribution in [3.8, 4) is 5.75 Å². The summed E-state index contributed by atoms with van der Waals surface area (Å²) >= 11 is 6.18. The fourth-order valence-corrected chi connectivity index (χ4v) is 3.18. The van der Waals surface area contributed by atoms with Crippen LogP contribution < -0.4 is 15.0 Å². The predicted molar refractivity (Wildman–Crippen MR) is 110 cm³/mol. The lowest BCUT2D eigenvalue weighted by molar-refractivity contribution is -0.119. The van der Waals surface area contributed by atoms with Crippen LogP contribution in [-0.2, 0) is 14.3 Å². The highest BCUT2D eigenvalue weighted by Crippen LogP contribution is 2.30. The predicted octanol–water partition coefficient (Wildman–Crippen LogP) is 3.66. The van der Waals surface area contributed by atoms with Gasteiger partial charge in [-0.3, -0.25) is 9.59 Å². The van der Waals surface area contributed by atoms with Gasteiger partial charge in [0.15, 0.2) is 6.61 Å². The van der Waals surface area contributed by atoms with Gasteiger partial charge in [-0.05, 0) is 55.8 Å². The quantitative estimate of drug-likeness (QED) is 0.696. The molecule has 7 nitrogen and oxygen atoms in total. The number of rotatable bonds is 7. The second-order valence-electron chi connectivity index (χ2n) is 6.40. The van der Waals surface area contributed by atoms with E-state index in [0.717, 1.165) is 6.42 Å². The van der Waals surface area contributed by atoms with Crippen LogP contribution in [0.15, 0.2) is 42.5 Å². The lowest BCUT2D eigenvalue weighted by atomic mass is 10.2. The minimum absolute atomic E-state index is 0.0350. The van der Waals surface area contributed by atoms with E-state index in [2.05, 4.69) is 5.32 Å². The zero-order chi connectivity index (χ0) is 20.8. The number of carbonyl (C=O) groups excluding carboxylic acids is 3. The topological polar surface area (TPSA) is 84.9 Å². The molecule has 8 heteroatoms. The van der Waals surface area contributed by atoms with Crippen molar-refractivity contribution in [1.82, 2.24) is 0 Å². The Kier molecular flexibility index (Phi) is 6.72. The lowest BCUT2D eigenvalue weighted by Crippen LogP contribution is -2.24. The Morgan fingerprint density at radius 3 is 2.59 bits per heavy atom. The summed E-state index contributed by atoms with van der Waals surface area (Å²) in [5.74, 6) is -0.470. The Morgan fingerprint density at radius 2 is 1.93 bits per heavy atom. The molecule has 152 valence electrons. The van der Waals surface area contributed by atoms with Crippen LogP contribution in [0.3, 0.4) is 0 Å². The van der Waals surface area contributed by atoms with Crippen LogP contribution in [0.2, 0.25) is 5.02 Å². The van der Waals surface area contributed by atoms with Gasteiger partial charge in [0.05, 0.1) is 22.9 Å². The molecular formula is C21H21ClN2O5. The van der Waals surface area contributed by atoms with Crippen molar-refractivity contribution in [3.05, 3.63) is 53.1 Å². The molecule has 1 saturated heterocycles. The van der Waals surface area contributed by atoms with E-state index in [9.17, 15) is 14.4 Å². The normalized spacial score (nSPS) is 13.3. The first-order chi connectivity index (χ1) is 14.0. The van der Waals surface area contributed by atoms with Gasteiger partial charge in [0.1, 0.15) is 5.75 Å². The molecule has 1 aliphatic rings. The van der Waals surface area contributed by atoms with E-state index in [-0.39, 0.29) is 11.5 Å². The van der Waals surface area contributed by atoms with E-state index in [0.29, 0.717) is 41.7 Å². The van der Waals surface area contributed by atoms with Gasteiger partial charge in [-0.1, -0.05) is 11.6 Å². The number of anilines is 2. The van der Waals surface area contributed by atoms with Crippen molar-refractivity contribution in [3.63, 3.8) is 0 Å². The first kappa shape index (κ1) is 20.7. The van der Waals surface area contributed by atoms with E-state index in [1.807, 2.05) is 6.92 Å². The molecule has 1 fully saturated rings. The van der Waals surface area contributed by atoms with E-state index in [1.54, 1.807) is 35.2 Å². The molecule has 29 heavy (non-hydrogen) atoms. The molecule has 0 radical (unpaired) electrons. The van der Waals surface area contributed by atoms with E-state index < -0.39 is 18.5 Å². The minimum Gasteiger partial charge on any atom is -0.494 e. The van der Waals surface area contributed by atoms with Crippen LogP contribution in [0.1, 0.15) is 30.1 Å². The Morgan fingerprint density at radius 1 is 1.17 bits per heavy atom. The highest BCUT2D eigenvalue weighted by molar-refractivity contribution is 6.34. The van der Waals surface area contributed by atoms with Crippen LogP contribution in [0.4, 0.5) is 11.4 Å². The molecule has 0 saturated carbocycles. The van der Waals surface area contributed by atoms with Crippen molar-refractivity contribution in [2.24, 2.45) is 0 Å². The number of amides is 2. The molecule has 2 aromatic rings. The van der Waals surface area contributed by atoms with Crippen molar-refractivity contribution >= 4 is 40.8 Å². The van der Waals surface area contributed by atoms with Gasteiger partial charge in [0.25, 0.3) is 5.91 Å². The Labute approximate surface area is 173 Å². The molecule has 1 aliphatic heterocycles. The van der Waals surface area contributed by atoms with E-state index in [4.69, 9.17) is 21.1 Å². The summed E-state index contributed by atoms with van der Waals surface area (Å²) in [6, 6.07) is 11.4. The molecule has 1 N–H and O–H groups in total. The molecule has 3 rings (SSSR count). The number of esters is 1. The van der Waals surface area contributed by atoms with E-state index >= 15 is 0 Å². The van der Waals surface area contributed by atoms with Crippen LogP contribution in [-0.4, -0.2) is 37.5 Å². The zero-order valence-corrected chi connectivity index (χ0v) is 16.7. The molecular weight excluding hydrogens is 396 g/mol. The smallest absolute Gasteiger partial charge is 0.338 e. The van der Waals surface area contributed by atoms with Gasteiger partial charge >= 0.3 is 5.97 Å². The molecule has 0 unspecified atom stereocenters. The largest absolute Gasteiger partial charge is 0.494 e. The third-order valence-corrected chi connectivity index (χ3v) is 4.65. The average molecular weight is 417 g/mol. The first-order valence-corrected chi connectivity index (χ1v) is 9.65. The van der Waals surface area contributed by atoms with Gasteiger partial charge in [-0.15, -0.1) is 0 Å². The van der Waals surface area contributed by atoms with Gasteiger partial charge in [-0.25, -0.2) is 4.79 Å². The second kappa shape index (κ2) is 9.43. The molecule has 2 aromatic carbocycles. The molecule has 1 heterocycles. The van der Waals surface area contributed by atoms with Crippen LogP contribution in [0.25, 0.3) is 0 Å². The van der Waals surface area contributed by atoms with Crippen molar-refractivity contribution in [1.29, 1.82) is 0 Å². The van der Waals surface area contributed by atoms with Gasteiger partial charge in [0, 0.05) is 18.7 Å². The fraction of sp³-hybridized carbons (Fsp3) is 0.286. The summed E-state index contributed by atoms with van der Waals surface area (Å²) in [7, 11) is 0. The summed E-state index contributed by atoms with van der Waals surface area (Å²) < 4.78 is 10.4. The molecule has 0 bridgehead atoms. The standard InChI is InChI=1S/C21H21ClN2O5/c1-2-28-16-8-6-15(7-9-16)23-19(25)13-29-21(27)14-5-10-17(22)18(12-14)24-11-3-4-20(24)26/h5-10,12H,2-4,11,13H2,1H3,(H,23,25). The number of nitrogens with one attached hydrogen (secondary N) is 1. The van der Waals surface area contributed by atoms with Crippen LogP contribution >= 0.6 is 11.6 Å². The zero-order valence-electron chi connectivity index (χ0n) is 15.9. The SMILES string of the molecule is CCOc1ccc(NC(=O)COC(=O)c2ccc(Cl)c(N3CCCC3=O)c2)cc1.